The maximum absolute atomic E-state index is 10.7. The van der Waals surface area contributed by atoms with Crippen molar-refractivity contribution in [3.63, 3.8) is 0 Å². The number of carboxylic acids is 1. The zero-order valence-corrected chi connectivity index (χ0v) is 9.54. The van der Waals surface area contributed by atoms with Gasteiger partial charge >= 0.3 is 18.9 Å². The van der Waals surface area contributed by atoms with Crippen LogP contribution in [0.2, 0.25) is 0 Å². The van der Waals surface area contributed by atoms with Crippen LogP contribution in [0.15, 0.2) is 36.7 Å². The van der Waals surface area contributed by atoms with Gasteiger partial charge in [0.1, 0.15) is 12.3 Å². The quantitative estimate of drug-likeness (QED) is 0.514. The summed E-state index contributed by atoms with van der Waals surface area (Å²) in [5.41, 5.74) is 1.13. The van der Waals surface area contributed by atoms with Crippen molar-refractivity contribution in [2.45, 2.75) is 13.0 Å². The smallest absolute Gasteiger partial charge is 0.542 e. The molecule has 0 saturated heterocycles. The van der Waals surface area contributed by atoms with Gasteiger partial charge in [-0.3, -0.25) is 0 Å². The summed E-state index contributed by atoms with van der Waals surface area (Å²) in [6.45, 7) is 0.479. The van der Waals surface area contributed by atoms with Crippen LogP contribution in [0.4, 0.5) is 0 Å². The Balaban J connectivity index is 0.00000144. The standard InChI is InChI=1S/C11H11N3O2.Li/c15-11(16)10-12-8-13-14(10)7-6-9-4-2-1-3-5-9;/h1-5,8H,6-7H2,(H,15,16);/q;+1/p-1. The number of carbonyl (C=O) groups excluding carboxylic acids is 1. The van der Waals surface area contributed by atoms with Crippen molar-refractivity contribution in [1.82, 2.24) is 14.8 Å². The number of aromatic nitrogens is 3. The van der Waals surface area contributed by atoms with Gasteiger partial charge in [-0.1, -0.05) is 30.3 Å². The van der Waals surface area contributed by atoms with E-state index in [4.69, 9.17) is 0 Å². The molecule has 0 saturated carbocycles. The molecular weight excluding hydrogens is 213 g/mol. The Morgan fingerprint density at radius 2 is 2.00 bits per heavy atom. The van der Waals surface area contributed by atoms with Crippen LogP contribution >= 0.6 is 0 Å². The van der Waals surface area contributed by atoms with Gasteiger partial charge in [-0.25, -0.2) is 9.67 Å². The van der Waals surface area contributed by atoms with Crippen LogP contribution in [0.1, 0.15) is 16.2 Å². The minimum Gasteiger partial charge on any atom is -0.542 e. The Labute approximate surface area is 111 Å². The molecule has 1 aromatic carbocycles. The van der Waals surface area contributed by atoms with E-state index in [-0.39, 0.29) is 24.7 Å². The molecule has 2 rings (SSSR count). The molecule has 17 heavy (non-hydrogen) atoms. The van der Waals surface area contributed by atoms with E-state index in [0.29, 0.717) is 13.0 Å². The number of carbonyl (C=O) groups is 1. The number of hydrogen-bond acceptors (Lipinski definition) is 4. The van der Waals surface area contributed by atoms with Crippen LogP contribution in [0.3, 0.4) is 0 Å². The normalized spacial score (nSPS) is 9.65. The van der Waals surface area contributed by atoms with Crippen LogP contribution < -0.4 is 24.0 Å². The zero-order chi connectivity index (χ0) is 11.4. The van der Waals surface area contributed by atoms with Crippen molar-refractivity contribution >= 4 is 5.97 Å². The summed E-state index contributed by atoms with van der Waals surface area (Å²) in [7, 11) is 0. The minimum absolute atomic E-state index is 0. The summed E-state index contributed by atoms with van der Waals surface area (Å²) in [6, 6.07) is 9.78. The fourth-order valence-electron chi connectivity index (χ4n) is 1.47. The van der Waals surface area contributed by atoms with Crippen LogP contribution in [-0.4, -0.2) is 20.7 Å². The zero-order valence-electron chi connectivity index (χ0n) is 9.54. The summed E-state index contributed by atoms with van der Waals surface area (Å²) < 4.78 is 1.34. The van der Waals surface area contributed by atoms with Crippen LogP contribution in [0, 0.1) is 0 Å². The molecule has 0 aliphatic carbocycles. The van der Waals surface area contributed by atoms with E-state index in [0.717, 1.165) is 5.56 Å². The topological polar surface area (TPSA) is 70.8 Å². The van der Waals surface area contributed by atoms with E-state index in [1.807, 2.05) is 30.3 Å². The molecule has 0 radical (unpaired) electrons. The molecule has 0 aliphatic rings. The summed E-state index contributed by atoms with van der Waals surface area (Å²) >= 11 is 0. The van der Waals surface area contributed by atoms with Gasteiger partial charge in [-0.2, -0.15) is 5.10 Å². The molecule has 82 valence electrons. The van der Waals surface area contributed by atoms with Crippen LogP contribution in [-0.2, 0) is 13.0 Å². The van der Waals surface area contributed by atoms with Gasteiger partial charge in [-0.15, -0.1) is 0 Å². The van der Waals surface area contributed by atoms with Crippen molar-refractivity contribution in [1.29, 1.82) is 0 Å². The van der Waals surface area contributed by atoms with Crippen molar-refractivity contribution in [3.8, 4) is 0 Å². The molecule has 0 atom stereocenters. The first-order chi connectivity index (χ1) is 7.77. The molecule has 0 aliphatic heterocycles. The SMILES string of the molecule is O=C([O-])c1ncnn1CCc1ccccc1.[Li+]. The number of rotatable bonds is 4. The van der Waals surface area contributed by atoms with Crippen molar-refractivity contribution < 1.29 is 28.8 Å². The molecule has 1 heterocycles. The molecule has 0 N–H and O–H groups in total. The molecule has 0 bridgehead atoms. The van der Waals surface area contributed by atoms with E-state index < -0.39 is 5.97 Å². The van der Waals surface area contributed by atoms with Gasteiger partial charge in [-0.05, 0) is 12.0 Å². The summed E-state index contributed by atoms with van der Waals surface area (Å²) in [4.78, 5) is 14.3. The molecule has 0 amide bonds. The first kappa shape index (κ1) is 13.5. The number of nitrogens with zero attached hydrogens (tertiary/aromatic N) is 3. The number of benzene rings is 1. The van der Waals surface area contributed by atoms with E-state index >= 15 is 0 Å². The van der Waals surface area contributed by atoms with Crippen molar-refractivity contribution in [3.05, 3.63) is 48.0 Å². The van der Waals surface area contributed by atoms with Crippen LogP contribution in [0.5, 0.6) is 0 Å². The van der Waals surface area contributed by atoms with Crippen molar-refractivity contribution in [2.75, 3.05) is 0 Å². The Kier molecular flexibility index (Phi) is 4.95. The fourth-order valence-corrected chi connectivity index (χ4v) is 1.47. The molecule has 0 unspecified atom stereocenters. The summed E-state index contributed by atoms with van der Waals surface area (Å²) in [6.07, 6.45) is 1.93. The van der Waals surface area contributed by atoms with Gasteiger partial charge in [0.05, 0.1) is 0 Å². The maximum Gasteiger partial charge on any atom is 1.00 e. The van der Waals surface area contributed by atoms with Gasteiger partial charge in [0, 0.05) is 6.54 Å². The van der Waals surface area contributed by atoms with Gasteiger partial charge in [0.25, 0.3) is 0 Å². The van der Waals surface area contributed by atoms with Crippen LogP contribution in [0.25, 0.3) is 0 Å². The Hall–Kier alpha value is -1.57. The summed E-state index contributed by atoms with van der Waals surface area (Å²) in [5.74, 6) is -1.43. The third-order valence-corrected chi connectivity index (χ3v) is 2.25. The van der Waals surface area contributed by atoms with E-state index in [2.05, 4.69) is 10.1 Å². The Morgan fingerprint density at radius 3 is 2.65 bits per heavy atom. The number of carboxylic acid groups (broad SMARTS) is 1. The predicted molar refractivity (Wildman–Crippen MR) is 54.5 cm³/mol. The molecular formula is C11H10LiN3O2. The second-order valence-corrected chi connectivity index (χ2v) is 3.33. The molecule has 0 spiro atoms. The third-order valence-electron chi connectivity index (χ3n) is 2.25. The van der Waals surface area contributed by atoms with E-state index in [9.17, 15) is 9.90 Å². The Morgan fingerprint density at radius 1 is 1.29 bits per heavy atom. The maximum atomic E-state index is 10.7. The first-order valence-corrected chi connectivity index (χ1v) is 4.90. The fraction of sp³-hybridized carbons (Fsp3) is 0.182. The number of aromatic carboxylic acids is 1. The van der Waals surface area contributed by atoms with E-state index in [1.165, 1.54) is 11.0 Å². The van der Waals surface area contributed by atoms with E-state index in [1.54, 1.807) is 0 Å². The second kappa shape index (κ2) is 6.23. The van der Waals surface area contributed by atoms with Gasteiger partial charge in [0.2, 0.25) is 0 Å². The molecule has 1 aromatic heterocycles. The van der Waals surface area contributed by atoms with Gasteiger partial charge < -0.3 is 9.90 Å². The molecule has 5 nitrogen and oxygen atoms in total. The third kappa shape index (κ3) is 3.45. The average molecular weight is 223 g/mol. The average Bonchev–Trinajstić information content (AvgIpc) is 2.76. The monoisotopic (exact) mass is 223 g/mol. The number of hydrogen-bond donors (Lipinski definition) is 0. The van der Waals surface area contributed by atoms with Gasteiger partial charge in [0.15, 0.2) is 5.82 Å². The summed E-state index contributed by atoms with van der Waals surface area (Å²) in [5, 5.41) is 14.5. The first-order valence-electron chi connectivity index (χ1n) is 4.90. The molecule has 2 aromatic rings. The van der Waals surface area contributed by atoms with Crippen molar-refractivity contribution in [2.24, 2.45) is 0 Å². The predicted octanol–water partition coefficient (Wildman–Crippen LogP) is -3.11. The molecule has 0 fully saturated rings. The minimum atomic E-state index is -1.30. The molecule has 6 heteroatoms. The Bertz CT molecular complexity index is 484. The largest absolute Gasteiger partial charge is 1.00 e. The number of aryl methyl sites for hydroxylation is 2. The second-order valence-electron chi connectivity index (χ2n) is 3.33.